The standard InChI is InChI=1S/C24H34N4O3/c1-24(2,3)31-23(30)28-12-17(13-28)20-5-4-6-21(27-20)19(22(25)16-7-8-16)11-26-18-9-15(10-18)14-29/h4-6,11,15-18,25-26,29H,7-10,12-14H2,1-3H3/b19-11-,25-22?/t15-,18-. The average Bonchev–Trinajstić information content (AvgIpc) is 3.46. The van der Waals surface area contributed by atoms with Crippen molar-refractivity contribution in [2.45, 2.75) is 64.0 Å². The van der Waals surface area contributed by atoms with E-state index >= 15 is 0 Å². The van der Waals surface area contributed by atoms with Crippen molar-refractivity contribution in [1.29, 1.82) is 5.41 Å². The lowest BCUT2D eigenvalue weighted by atomic mass is 9.81. The Balaban J connectivity index is 1.42. The van der Waals surface area contributed by atoms with Crippen molar-refractivity contribution in [2.75, 3.05) is 19.7 Å². The van der Waals surface area contributed by atoms with E-state index in [2.05, 4.69) is 5.32 Å². The fourth-order valence-electron chi connectivity index (χ4n) is 4.07. The smallest absolute Gasteiger partial charge is 0.410 e. The molecule has 0 bridgehead atoms. The zero-order valence-corrected chi connectivity index (χ0v) is 18.7. The summed E-state index contributed by atoms with van der Waals surface area (Å²) in [6.07, 6.45) is 5.75. The first-order chi connectivity index (χ1) is 14.7. The van der Waals surface area contributed by atoms with Gasteiger partial charge in [0.15, 0.2) is 0 Å². The van der Waals surface area contributed by atoms with Crippen LogP contribution in [0.1, 0.15) is 63.8 Å². The minimum atomic E-state index is -0.492. The molecule has 0 aromatic carbocycles. The van der Waals surface area contributed by atoms with Crippen molar-refractivity contribution in [3.63, 3.8) is 0 Å². The molecular weight excluding hydrogens is 392 g/mol. The van der Waals surface area contributed by atoms with Gasteiger partial charge in [0.25, 0.3) is 0 Å². The van der Waals surface area contributed by atoms with Crippen LogP contribution in [0.2, 0.25) is 0 Å². The monoisotopic (exact) mass is 426 g/mol. The molecule has 7 heteroatoms. The Morgan fingerprint density at radius 2 is 2.03 bits per heavy atom. The van der Waals surface area contributed by atoms with Crippen molar-refractivity contribution in [3.05, 3.63) is 35.8 Å². The Labute approximate surface area is 184 Å². The Kier molecular flexibility index (Phi) is 6.06. The van der Waals surface area contributed by atoms with E-state index in [-0.39, 0.29) is 18.6 Å². The molecule has 3 fully saturated rings. The third-order valence-electron chi connectivity index (χ3n) is 6.23. The highest BCUT2D eigenvalue weighted by molar-refractivity contribution is 6.23. The van der Waals surface area contributed by atoms with E-state index in [1.54, 1.807) is 4.90 Å². The van der Waals surface area contributed by atoms with Gasteiger partial charge in [0.05, 0.1) is 5.69 Å². The number of aliphatic hydroxyl groups is 1. The predicted molar refractivity (Wildman–Crippen MR) is 120 cm³/mol. The molecule has 2 aliphatic carbocycles. The highest BCUT2D eigenvalue weighted by Gasteiger charge is 2.36. The number of carbonyl (C=O) groups excluding carboxylic acids is 1. The highest BCUT2D eigenvalue weighted by atomic mass is 16.6. The number of allylic oxidation sites excluding steroid dienone is 1. The van der Waals surface area contributed by atoms with Gasteiger partial charge in [0.2, 0.25) is 0 Å². The van der Waals surface area contributed by atoms with E-state index in [1.165, 1.54) is 0 Å². The molecule has 0 radical (unpaired) electrons. The Bertz CT molecular complexity index is 860. The Hall–Kier alpha value is -2.41. The van der Waals surface area contributed by atoms with E-state index in [9.17, 15) is 9.90 Å². The number of nitrogens with zero attached hydrogens (tertiary/aromatic N) is 2. The van der Waals surface area contributed by atoms with Crippen LogP contribution in [0.5, 0.6) is 0 Å². The zero-order chi connectivity index (χ0) is 22.2. The van der Waals surface area contributed by atoms with Crippen molar-refractivity contribution in [2.24, 2.45) is 11.8 Å². The molecule has 1 aromatic heterocycles. The molecular formula is C24H34N4O3. The number of hydrogen-bond donors (Lipinski definition) is 3. The van der Waals surface area contributed by atoms with Crippen LogP contribution in [0.15, 0.2) is 24.4 Å². The van der Waals surface area contributed by atoms with Gasteiger partial charge in [-0.2, -0.15) is 0 Å². The lowest BCUT2D eigenvalue weighted by molar-refractivity contribution is 0.00787. The van der Waals surface area contributed by atoms with Gasteiger partial charge in [-0.25, -0.2) is 4.79 Å². The normalized spacial score (nSPS) is 24.3. The van der Waals surface area contributed by atoms with Gasteiger partial charge in [-0.05, 0) is 64.5 Å². The van der Waals surface area contributed by atoms with Gasteiger partial charge < -0.3 is 25.5 Å². The minimum Gasteiger partial charge on any atom is -0.444 e. The van der Waals surface area contributed by atoms with Gasteiger partial charge in [0.1, 0.15) is 5.60 Å². The molecule has 168 valence electrons. The van der Waals surface area contributed by atoms with Crippen molar-refractivity contribution in [3.8, 4) is 0 Å². The molecule has 0 unspecified atom stereocenters. The molecule has 2 heterocycles. The third kappa shape index (κ3) is 5.26. The van der Waals surface area contributed by atoms with Gasteiger partial charge in [-0.15, -0.1) is 0 Å². The van der Waals surface area contributed by atoms with Gasteiger partial charge in [-0.3, -0.25) is 4.98 Å². The summed E-state index contributed by atoms with van der Waals surface area (Å²) in [6, 6.07) is 6.32. The summed E-state index contributed by atoms with van der Waals surface area (Å²) in [7, 11) is 0. The molecule has 3 N–H and O–H groups in total. The molecule has 0 atom stereocenters. The highest BCUT2D eigenvalue weighted by Crippen LogP contribution is 2.36. The number of aromatic nitrogens is 1. The number of pyridine rings is 1. The molecule has 1 aliphatic heterocycles. The number of likely N-dealkylation sites (tertiary alicyclic amines) is 1. The number of rotatable bonds is 7. The van der Waals surface area contributed by atoms with E-state index in [4.69, 9.17) is 15.1 Å². The number of ether oxygens (including phenoxy) is 1. The van der Waals surface area contributed by atoms with E-state index in [0.717, 1.165) is 42.6 Å². The molecule has 2 saturated carbocycles. The van der Waals surface area contributed by atoms with Crippen LogP contribution in [-0.2, 0) is 4.74 Å². The molecule has 1 aromatic rings. The predicted octanol–water partition coefficient (Wildman–Crippen LogP) is 3.55. The molecule has 0 spiro atoms. The second-order valence-electron chi connectivity index (χ2n) is 10.2. The summed E-state index contributed by atoms with van der Waals surface area (Å²) in [5.41, 5.74) is 2.79. The van der Waals surface area contributed by atoms with Crippen LogP contribution in [0.3, 0.4) is 0 Å². The quantitative estimate of drug-likeness (QED) is 0.579. The Morgan fingerprint density at radius 1 is 1.32 bits per heavy atom. The maximum atomic E-state index is 12.2. The van der Waals surface area contributed by atoms with Crippen LogP contribution in [0.4, 0.5) is 4.79 Å². The number of aliphatic hydroxyl groups excluding tert-OH is 1. The molecule has 3 aliphatic rings. The lowest BCUT2D eigenvalue weighted by Crippen LogP contribution is -2.50. The summed E-state index contributed by atoms with van der Waals surface area (Å²) in [4.78, 5) is 18.8. The second kappa shape index (κ2) is 8.61. The fraction of sp³-hybridized carbons (Fsp3) is 0.625. The molecule has 1 amide bonds. The van der Waals surface area contributed by atoms with Crippen LogP contribution < -0.4 is 5.32 Å². The molecule has 1 saturated heterocycles. The molecule has 4 rings (SSSR count). The molecule has 31 heavy (non-hydrogen) atoms. The SMILES string of the molecule is CC(C)(C)OC(=O)N1CC(c2cccc(/C(=C/N[C@H]3C[C@H](CO)C3)C(=N)C3CC3)n2)C1. The summed E-state index contributed by atoms with van der Waals surface area (Å²) >= 11 is 0. The minimum absolute atomic E-state index is 0.189. The van der Waals surface area contributed by atoms with E-state index in [1.807, 2.05) is 45.2 Å². The van der Waals surface area contributed by atoms with Crippen LogP contribution >= 0.6 is 0 Å². The van der Waals surface area contributed by atoms with E-state index in [0.29, 0.717) is 36.7 Å². The van der Waals surface area contributed by atoms with Crippen LogP contribution in [0.25, 0.3) is 5.57 Å². The number of hydrogen-bond acceptors (Lipinski definition) is 6. The lowest BCUT2D eigenvalue weighted by Gasteiger charge is -2.39. The van der Waals surface area contributed by atoms with Gasteiger partial charge in [-0.1, -0.05) is 6.07 Å². The topological polar surface area (TPSA) is 98.5 Å². The second-order valence-corrected chi connectivity index (χ2v) is 10.2. The average molecular weight is 427 g/mol. The maximum absolute atomic E-state index is 12.2. The number of nitrogens with one attached hydrogen (secondary N) is 2. The third-order valence-corrected chi connectivity index (χ3v) is 6.23. The van der Waals surface area contributed by atoms with Crippen molar-refractivity contribution >= 4 is 17.4 Å². The first kappa shape index (κ1) is 21.8. The fourth-order valence-corrected chi connectivity index (χ4v) is 4.07. The van der Waals surface area contributed by atoms with E-state index < -0.39 is 5.60 Å². The Morgan fingerprint density at radius 3 is 2.65 bits per heavy atom. The largest absolute Gasteiger partial charge is 0.444 e. The van der Waals surface area contributed by atoms with Gasteiger partial charge in [0, 0.05) is 60.8 Å². The number of carbonyl (C=O) groups is 1. The van der Waals surface area contributed by atoms with Crippen LogP contribution in [0, 0.1) is 17.2 Å². The first-order valence-electron chi connectivity index (χ1n) is 11.3. The van der Waals surface area contributed by atoms with Crippen molar-refractivity contribution in [1.82, 2.24) is 15.2 Å². The number of amides is 1. The summed E-state index contributed by atoms with van der Waals surface area (Å²) in [5.74, 6) is 0.912. The first-order valence-corrected chi connectivity index (χ1v) is 11.3. The van der Waals surface area contributed by atoms with Gasteiger partial charge >= 0.3 is 6.09 Å². The maximum Gasteiger partial charge on any atom is 0.410 e. The zero-order valence-electron chi connectivity index (χ0n) is 18.7. The summed E-state index contributed by atoms with van der Waals surface area (Å²) < 4.78 is 5.44. The van der Waals surface area contributed by atoms with Crippen molar-refractivity contribution < 1.29 is 14.6 Å². The summed E-state index contributed by atoms with van der Waals surface area (Å²) in [6.45, 7) is 7.07. The molecule has 7 nitrogen and oxygen atoms in total. The van der Waals surface area contributed by atoms with Crippen LogP contribution in [-0.4, -0.2) is 58.1 Å². The summed E-state index contributed by atoms with van der Waals surface area (Å²) in [5, 5.41) is 21.3.